The van der Waals surface area contributed by atoms with E-state index < -0.39 is 0 Å². The summed E-state index contributed by atoms with van der Waals surface area (Å²) in [6, 6.07) is 14.1. The van der Waals surface area contributed by atoms with E-state index in [0.717, 1.165) is 21.5 Å². The maximum absolute atomic E-state index is 6.04. The number of hydrogen-bond donors (Lipinski definition) is 1. The lowest BCUT2D eigenvalue weighted by molar-refractivity contribution is 1.17. The molecule has 1 aromatic carbocycles. The van der Waals surface area contributed by atoms with Gasteiger partial charge in [0.25, 0.3) is 0 Å². The van der Waals surface area contributed by atoms with Crippen molar-refractivity contribution in [3.8, 4) is 11.4 Å². The number of imidazole rings is 1. The minimum absolute atomic E-state index is 0.682. The highest BCUT2D eigenvalue weighted by molar-refractivity contribution is 9.10. The molecule has 0 amide bonds. The highest BCUT2D eigenvalue weighted by atomic mass is 79.9. The number of hydrogen-bond acceptors (Lipinski definition) is 2. The van der Waals surface area contributed by atoms with Crippen LogP contribution in [0.1, 0.15) is 5.56 Å². The van der Waals surface area contributed by atoms with E-state index in [2.05, 4.69) is 52.1 Å². The third-order valence-electron chi connectivity index (χ3n) is 2.96. The minimum atomic E-state index is 0.682. The second-order valence-corrected chi connectivity index (χ2v) is 5.01. The lowest BCUT2D eigenvalue weighted by Crippen LogP contribution is -1.97. The van der Waals surface area contributed by atoms with Crippen LogP contribution in [0.2, 0.25) is 0 Å². The molecular weight excluding hydrogens is 290 g/mol. The summed E-state index contributed by atoms with van der Waals surface area (Å²) in [5.74, 6) is 1.54. The normalized spacial score (nSPS) is 11.0. The van der Waals surface area contributed by atoms with Crippen LogP contribution in [0.25, 0.3) is 16.9 Å². The first-order valence-electron chi connectivity index (χ1n) is 5.66. The van der Waals surface area contributed by atoms with E-state index in [9.17, 15) is 0 Å². The van der Waals surface area contributed by atoms with Crippen molar-refractivity contribution >= 4 is 27.3 Å². The molecule has 0 saturated carbocycles. The molecule has 3 rings (SSSR count). The largest absolute Gasteiger partial charge is 0.385 e. The number of nitrogens with zero attached hydrogens (tertiary/aromatic N) is 2. The van der Waals surface area contributed by atoms with Crippen molar-refractivity contribution in [2.24, 2.45) is 0 Å². The van der Waals surface area contributed by atoms with E-state index in [0.29, 0.717) is 5.82 Å². The van der Waals surface area contributed by atoms with Gasteiger partial charge in [-0.05, 0) is 35.0 Å². The van der Waals surface area contributed by atoms with Gasteiger partial charge >= 0.3 is 0 Å². The molecule has 4 heteroatoms. The van der Waals surface area contributed by atoms with E-state index in [1.807, 2.05) is 22.6 Å². The highest BCUT2D eigenvalue weighted by Crippen LogP contribution is 2.28. The number of nitrogen functional groups attached to an aromatic ring is 1. The predicted molar refractivity (Wildman–Crippen MR) is 77.5 cm³/mol. The standard InChI is InChI=1S/C14H12BrN3/c1-9-5-7-10(8-6-9)14-17-13(15)11-3-2-4-12(16)18(11)14/h2-8H,16H2,1H3. The van der Waals surface area contributed by atoms with Gasteiger partial charge in [0.2, 0.25) is 0 Å². The molecule has 0 bridgehead atoms. The van der Waals surface area contributed by atoms with Gasteiger partial charge in [0.05, 0.1) is 5.52 Å². The van der Waals surface area contributed by atoms with Gasteiger partial charge in [0, 0.05) is 5.56 Å². The van der Waals surface area contributed by atoms with Crippen molar-refractivity contribution in [1.82, 2.24) is 9.38 Å². The van der Waals surface area contributed by atoms with E-state index >= 15 is 0 Å². The molecule has 0 aliphatic heterocycles. The van der Waals surface area contributed by atoms with Gasteiger partial charge in [0.15, 0.2) is 0 Å². The Morgan fingerprint density at radius 3 is 2.56 bits per heavy atom. The molecule has 2 heterocycles. The molecule has 2 N–H and O–H groups in total. The predicted octanol–water partition coefficient (Wildman–Crippen LogP) is 3.65. The molecule has 0 fully saturated rings. The van der Waals surface area contributed by atoms with Crippen LogP contribution < -0.4 is 5.73 Å². The number of aromatic nitrogens is 2. The fraction of sp³-hybridized carbons (Fsp3) is 0.0714. The maximum atomic E-state index is 6.04. The van der Waals surface area contributed by atoms with Crippen LogP contribution in [0.5, 0.6) is 0 Å². The molecular formula is C14H12BrN3. The highest BCUT2D eigenvalue weighted by Gasteiger charge is 2.12. The molecule has 18 heavy (non-hydrogen) atoms. The molecule has 0 radical (unpaired) electrons. The Morgan fingerprint density at radius 1 is 1.11 bits per heavy atom. The van der Waals surface area contributed by atoms with E-state index in [1.54, 1.807) is 0 Å². The molecule has 0 unspecified atom stereocenters. The van der Waals surface area contributed by atoms with Gasteiger partial charge < -0.3 is 5.73 Å². The summed E-state index contributed by atoms with van der Waals surface area (Å²) >= 11 is 3.48. The number of benzene rings is 1. The average molecular weight is 302 g/mol. The first-order chi connectivity index (χ1) is 8.66. The van der Waals surface area contributed by atoms with Gasteiger partial charge in [-0.25, -0.2) is 4.98 Å². The number of anilines is 1. The summed E-state index contributed by atoms with van der Waals surface area (Å²) in [5, 5.41) is 0. The maximum Gasteiger partial charge on any atom is 0.147 e. The van der Waals surface area contributed by atoms with Crippen LogP contribution in [0.3, 0.4) is 0 Å². The third kappa shape index (κ3) is 1.69. The first kappa shape index (κ1) is 11.3. The van der Waals surface area contributed by atoms with Crippen LogP contribution in [0.4, 0.5) is 5.82 Å². The van der Waals surface area contributed by atoms with Crippen molar-refractivity contribution in [3.05, 3.63) is 52.6 Å². The zero-order chi connectivity index (χ0) is 12.7. The molecule has 3 aromatic rings. The number of nitrogens with two attached hydrogens (primary N) is 1. The van der Waals surface area contributed by atoms with Gasteiger partial charge in [-0.3, -0.25) is 4.40 Å². The zero-order valence-corrected chi connectivity index (χ0v) is 11.5. The summed E-state index contributed by atoms with van der Waals surface area (Å²) < 4.78 is 2.76. The number of fused-ring (bicyclic) bond motifs is 1. The minimum Gasteiger partial charge on any atom is -0.385 e. The summed E-state index contributed by atoms with van der Waals surface area (Å²) in [6.07, 6.45) is 0. The van der Waals surface area contributed by atoms with Gasteiger partial charge in [-0.2, -0.15) is 0 Å². The summed E-state index contributed by atoms with van der Waals surface area (Å²) in [4.78, 5) is 4.55. The monoisotopic (exact) mass is 301 g/mol. The number of halogens is 1. The summed E-state index contributed by atoms with van der Waals surface area (Å²) in [6.45, 7) is 2.07. The van der Waals surface area contributed by atoms with Crippen LogP contribution in [0, 0.1) is 6.92 Å². The molecule has 0 aliphatic carbocycles. The molecule has 2 aromatic heterocycles. The number of aryl methyl sites for hydroxylation is 1. The van der Waals surface area contributed by atoms with E-state index in [-0.39, 0.29) is 0 Å². The van der Waals surface area contributed by atoms with E-state index in [1.165, 1.54) is 5.56 Å². The zero-order valence-electron chi connectivity index (χ0n) is 9.89. The Labute approximate surface area is 113 Å². The fourth-order valence-corrected chi connectivity index (χ4v) is 2.50. The molecule has 3 nitrogen and oxygen atoms in total. The Bertz CT molecular complexity index is 714. The Hall–Kier alpha value is -1.81. The van der Waals surface area contributed by atoms with Crippen molar-refractivity contribution in [2.45, 2.75) is 6.92 Å². The van der Waals surface area contributed by atoms with Crippen LogP contribution in [0.15, 0.2) is 47.1 Å². The lowest BCUT2D eigenvalue weighted by Gasteiger charge is -2.04. The Kier molecular flexibility index (Phi) is 2.59. The first-order valence-corrected chi connectivity index (χ1v) is 6.45. The topological polar surface area (TPSA) is 43.3 Å². The fourth-order valence-electron chi connectivity index (χ4n) is 2.02. The van der Waals surface area contributed by atoms with Gasteiger partial charge in [-0.15, -0.1) is 0 Å². The number of pyridine rings is 1. The third-order valence-corrected chi connectivity index (χ3v) is 3.54. The quantitative estimate of drug-likeness (QED) is 0.745. The molecule has 0 saturated heterocycles. The number of rotatable bonds is 1. The average Bonchev–Trinajstić information content (AvgIpc) is 2.70. The molecule has 0 spiro atoms. The van der Waals surface area contributed by atoms with Crippen molar-refractivity contribution in [3.63, 3.8) is 0 Å². The second kappa shape index (κ2) is 4.14. The molecule has 0 atom stereocenters. The van der Waals surface area contributed by atoms with Crippen molar-refractivity contribution < 1.29 is 0 Å². The van der Waals surface area contributed by atoms with Crippen molar-refractivity contribution in [2.75, 3.05) is 5.73 Å². The summed E-state index contributed by atoms with van der Waals surface area (Å²) in [5.41, 5.74) is 9.30. The molecule has 0 aliphatic rings. The summed E-state index contributed by atoms with van der Waals surface area (Å²) in [7, 11) is 0. The Balaban J connectivity index is 2.32. The van der Waals surface area contributed by atoms with Crippen LogP contribution in [-0.2, 0) is 0 Å². The van der Waals surface area contributed by atoms with Crippen LogP contribution >= 0.6 is 15.9 Å². The van der Waals surface area contributed by atoms with Crippen molar-refractivity contribution in [1.29, 1.82) is 0 Å². The Morgan fingerprint density at radius 2 is 1.83 bits per heavy atom. The van der Waals surface area contributed by atoms with Gasteiger partial charge in [0.1, 0.15) is 16.2 Å². The van der Waals surface area contributed by atoms with E-state index in [4.69, 9.17) is 5.73 Å². The molecule has 90 valence electrons. The SMILES string of the molecule is Cc1ccc(-c2nc(Br)c3cccc(N)n23)cc1. The second-order valence-electron chi connectivity index (χ2n) is 4.26. The van der Waals surface area contributed by atoms with Gasteiger partial charge in [-0.1, -0.05) is 35.9 Å². The smallest absolute Gasteiger partial charge is 0.147 e. The lowest BCUT2D eigenvalue weighted by atomic mass is 10.1. The van der Waals surface area contributed by atoms with Crippen LogP contribution in [-0.4, -0.2) is 9.38 Å².